The van der Waals surface area contributed by atoms with Crippen LogP contribution in [0.4, 0.5) is 13.2 Å². The molecule has 0 radical (unpaired) electrons. The number of aliphatic carboxylic acids is 1. The molecule has 1 fully saturated rings. The average Bonchev–Trinajstić information content (AvgIpc) is 2.37. The van der Waals surface area contributed by atoms with E-state index < -0.39 is 29.5 Å². The summed E-state index contributed by atoms with van der Waals surface area (Å²) in [5.41, 5.74) is -1.31. The van der Waals surface area contributed by atoms with Crippen LogP contribution in [0.3, 0.4) is 0 Å². The molecule has 1 rings (SSSR count). The zero-order valence-corrected chi connectivity index (χ0v) is 8.84. The zero-order valence-electron chi connectivity index (χ0n) is 8.84. The fourth-order valence-electron chi connectivity index (χ4n) is 2.03. The highest BCUT2D eigenvalue weighted by Crippen LogP contribution is 2.37. The maximum atomic E-state index is 12.2. The number of rotatable bonds is 1. The zero-order chi connectivity index (χ0) is 12.7. The average molecular weight is 239 g/mol. The van der Waals surface area contributed by atoms with E-state index in [9.17, 15) is 22.8 Å². The van der Waals surface area contributed by atoms with Gasteiger partial charge in [-0.25, -0.2) is 0 Å². The highest BCUT2D eigenvalue weighted by molar-refractivity contribution is 5.84. The molecule has 1 saturated heterocycles. The number of carboxylic acids is 1. The molecule has 1 heterocycles. The smallest absolute Gasteiger partial charge is 0.471 e. The Kier molecular flexibility index (Phi) is 2.91. The number of carbonyl (C=O) groups excluding carboxylic acids is 1. The number of carbonyl (C=O) groups is 2. The third kappa shape index (κ3) is 1.98. The summed E-state index contributed by atoms with van der Waals surface area (Å²) in [5, 5.41) is 8.83. The summed E-state index contributed by atoms with van der Waals surface area (Å²) < 4.78 is 36.7. The van der Waals surface area contributed by atoms with Gasteiger partial charge >= 0.3 is 18.1 Å². The van der Waals surface area contributed by atoms with Crippen LogP contribution in [-0.2, 0) is 9.59 Å². The monoisotopic (exact) mass is 239 g/mol. The Bertz CT molecular complexity index is 324. The van der Waals surface area contributed by atoms with Crippen LogP contribution in [0, 0.1) is 5.92 Å². The van der Waals surface area contributed by atoms with Crippen LogP contribution in [0.2, 0.25) is 0 Å². The molecule has 0 spiro atoms. The van der Waals surface area contributed by atoms with Crippen molar-refractivity contribution >= 4 is 11.9 Å². The van der Waals surface area contributed by atoms with Gasteiger partial charge in [0.05, 0.1) is 11.5 Å². The van der Waals surface area contributed by atoms with E-state index in [0.29, 0.717) is 4.90 Å². The van der Waals surface area contributed by atoms with Crippen LogP contribution >= 0.6 is 0 Å². The molecule has 1 aliphatic rings. The molecule has 16 heavy (non-hydrogen) atoms. The van der Waals surface area contributed by atoms with Gasteiger partial charge in [-0.15, -0.1) is 0 Å². The molecule has 0 aromatic carbocycles. The Morgan fingerprint density at radius 3 is 2.19 bits per heavy atom. The lowest BCUT2D eigenvalue weighted by molar-refractivity contribution is -0.189. The second kappa shape index (κ2) is 3.64. The third-order valence-electron chi connectivity index (χ3n) is 2.98. The van der Waals surface area contributed by atoms with Gasteiger partial charge < -0.3 is 10.0 Å². The summed E-state index contributed by atoms with van der Waals surface area (Å²) in [7, 11) is 0. The molecule has 7 heteroatoms. The maximum absolute atomic E-state index is 12.2. The Hall–Kier alpha value is -1.27. The summed E-state index contributed by atoms with van der Waals surface area (Å²) in [5.74, 6) is -4.11. The van der Waals surface area contributed by atoms with Crippen molar-refractivity contribution in [3.8, 4) is 0 Å². The number of hydrogen-bond donors (Lipinski definition) is 1. The van der Waals surface area contributed by atoms with Gasteiger partial charge in [-0.05, 0) is 20.3 Å². The molecule has 4 nitrogen and oxygen atoms in total. The van der Waals surface area contributed by atoms with Crippen molar-refractivity contribution < 1.29 is 27.9 Å². The highest BCUT2D eigenvalue weighted by Gasteiger charge is 2.54. The van der Waals surface area contributed by atoms with E-state index >= 15 is 0 Å². The Labute approximate surface area is 90.0 Å². The molecule has 0 saturated carbocycles. The molecule has 1 unspecified atom stereocenters. The van der Waals surface area contributed by atoms with Crippen LogP contribution in [0.15, 0.2) is 0 Å². The number of nitrogens with zero attached hydrogens (tertiary/aromatic N) is 1. The van der Waals surface area contributed by atoms with Crippen molar-refractivity contribution in [1.29, 1.82) is 0 Å². The summed E-state index contributed by atoms with van der Waals surface area (Å²) in [6, 6.07) is 0. The van der Waals surface area contributed by atoms with Gasteiger partial charge in [0.15, 0.2) is 0 Å². The minimum atomic E-state index is -4.95. The fourth-order valence-corrected chi connectivity index (χ4v) is 2.03. The third-order valence-corrected chi connectivity index (χ3v) is 2.98. The van der Waals surface area contributed by atoms with Gasteiger partial charge in [0.25, 0.3) is 0 Å². The predicted octanol–water partition coefficient (Wildman–Crippen LogP) is 1.26. The van der Waals surface area contributed by atoms with Gasteiger partial charge in [0.2, 0.25) is 0 Å². The first-order valence-corrected chi connectivity index (χ1v) is 4.70. The van der Waals surface area contributed by atoms with Crippen molar-refractivity contribution in [3.05, 3.63) is 0 Å². The van der Waals surface area contributed by atoms with Crippen LogP contribution in [-0.4, -0.2) is 40.1 Å². The van der Waals surface area contributed by atoms with Crippen molar-refractivity contribution in [2.45, 2.75) is 32.0 Å². The molecule has 0 aliphatic carbocycles. The van der Waals surface area contributed by atoms with Gasteiger partial charge in [-0.1, -0.05) is 0 Å². The van der Waals surface area contributed by atoms with Crippen LogP contribution < -0.4 is 0 Å². The SMILES string of the molecule is CC1(C)C(C(=O)O)CCN1C(=O)C(F)(F)F. The Balaban J connectivity index is 2.95. The molecule has 0 aromatic heterocycles. The topological polar surface area (TPSA) is 57.6 Å². The predicted molar refractivity (Wildman–Crippen MR) is 47.6 cm³/mol. The molecule has 1 aliphatic heterocycles. The number of hydrogen-bond acceptors (Lipinski definition) is 2. The fraction of sp³-hybridized carbons (Fsp3) is 0.778. The van der Waals surface area contributed by atoms with Crippen molar-refractivity contribution in [2.75, 3.05) is 6.54 Å². The van der Waals surface area contributed by atoms with E-state index in [1.165, 1.54) is 13.8 Å². The molecular weight excluding hydrogens is 227 g/mol. The van der Waals surface area contributed by atoms with E-state index in [1.54, 1.807) is 0 Å². The second-order valence-corrected chi connectivity index (χ2v) is 4.29. The molecule has 1 amide bonds. The molecule has 0 aromatic rings. The number of alkyl halides is 3. The summed E-state index contributed by atoms with van der Waals surface area (Å²) in [6.45, 7) is 2.49. The molecule has 92 valence electrons. The minimum Gasteiger partial charge on any atom is -0.481 e. The quantitative estimate of drug-likeness (QED) is 0.749. The van der Waals surface area contributed by atoms with E-state index in [0.717, 1.165) is 0 Å². The van der Waals surface area contributed by atoms with Gasteiger partial charge in [0, 0.05) is 6.54 Å². The first kappa shape index (κ1) is 12.8. The standard InChI is InChI=1S/C9H12F3NO3/c1-8(2)5(6(14)15)3-4-13(8)7(16)9(10,11)12/h5H,3-4H2,1-2H3,(H,14,15). The maximum Gasteiger partial charge on any atom is 0.471 e. The lowest BCUT2D eigenvalue weighted by Crippen LogP contribution is -2.52. The van der Waals surface area contributed by atoms with Gasteiger partial charge in [-0.3, -0.25) is 9.59 Å². The first-order chi connectivity index (χ1) is 7.08. The lowest BCUT2D eigenvalue weighted by Gasteiger charge is -2.34. The van der Waals surface area contributed by atoms with Crippen LogP contribution in [0.5, 0.6) is 0 Å². The summed E-state index contributed by atoms with van der Waals surface area (Å²) >= 11 is 0. The number of carboxylic acid groups (broad SMARTS) is 1. The summed E-state index contributed by atoms with van der Waals surface area (Å²) in [4.78, 5) is 22.5. The van der Waals surface area contributed by atoms with Gasteiger partial charge in [0.1, 0.15) is 0 Å². The van der Waals surface area contributed by atoms with Crippen molar-refractivity contribution in [3.63, 3.8) is 0 Å². The van der Waals surface area contributed by atoms with Crippen LogP contribution in [0.25, 0.3) is 0 Å². The van der Waals surface area contributed by atoms with Gasteiger partial charge in [-0.2, -0.15) is 13.2 Å². The Morgan fingerprint density at radius 2 is 1.88 bits per heavy atom. The van der Waals surface area contributed by atoms with Crippen molar-refractivity contribution in [1.82, 2.24) is 4.90 Å². The number of amides is 1. The molecule has 1 N–H and O–H groups in total. The van der Waals surface area contributed by atoms with E-state index in [2.05, 4.69) is 0 Å². The normalized spacial score (nSPS) is 24.6. The molecular formula is C9H12F3NO3. The second-order valence-electron chi connectivity index (χ2n) is 4.29. The van der Waals surface area contributed by atoms with E-state index in [1.807, 2.05) is 0 Å². The largest absolute Gasteiger partial charge is 0.481 e. The molecule has 0 bridgehead atoms. The number of likely N-dealkylation sites (tertiary alicyclic amines) is 1. The Morgan fingerprint density at radius 1 is 1.38 bits per heavy atom. The molecule has 1 atom stereocenters. The highest BCUT2D eigenvalue weighted by atomic mass is 19.4. The first-order valence-electron chi connectivity index (χ1n) is 4.70. The van der Waals surface area contributed by atoms with Crippen molar-refractivity contribution in [2.24, 2.45) is 5.92 Å². The van der Waals surface area contributed by atoms with E-state index in [-0.39, 0.29) is 13.0 Å². The number of halogens is 3. The minimum absolute atomic E-state index is 0.0458. The van der Waals surface area contributed by atoms with E-state index in [4.69, 9.17) is 5.11 Å². The summed E-state index contributed by atoms with van der Waals surface area (Å²) in [6.07, 6.45) is -4.91. The van der Waals surface area contributed by atoms with Crippen LogP contribution in [0.1, 0.15) is 20.3 Å². The lowest BCUT2D eigenvalue weighted by atomic mass is 9.88.